The molecule has 1 aliphatic carbocycles. The molecule has 0 saturated heterocycles. The van der Waals surface area contributed by atoms with Gasteiger partial charge < -0.3 is 0 Å². The third kappa shape index (κ3) is 4.57. The molecule has 0 aliphatic heterocycles. The van der Waals surface area contributed by atoms with E-state index in [-0.39, 0.29) is 18.4 Å². The normalized spacial score (nSPS) is 15.8. The first-order valence-electron chi connectivity index (χ1n) is 9.07. The molecular formula is C21H21ClF3N3. The van der Waals surface area contributed by atoms with Gasteiger partial charge in [0.15, 0.2) is 0 Å². The minimum atomic E-state index is -4.14. The summed E-state index contributed by atoms with van der Waals surface area (Å²) < 4.78 is 39.3. The zero-order valence-electron chi connectivity index (χ0n) is 15.9. The maximum atomic E-state index is 12.5. The van der Waals surface area contributed by atoms with E-state index in [1.807, 2.05) is 42.9 Å². The summed E-state index contributed by atoms with van der Waals surface area (Å²) in [6.45, 7) is 5.66. The summed E-state index contributed by atoms with van der Waals surface area (Å²) in [7, 11) is 0. The molecule has 0 bridgehead atoms. The third-order valence-electron chi connectivity index (χ3n) is 4.90. The molecule has 3 rings (SSSR count). The maximum absolute atomic E-state index is 12.5. The second kappa shape index (κ2) is 7.98. The van der Waals surface area contributed by atoms with Gasteiger partial charge in [-0.1, -0.05) is 36.4 Å². The highest BCUT2D eigenvalue weighted by Gasteiger charge is 2.28. The lowest BCUT2D eigenvalue weighted by Gasteiger charge is -2.18. The van der Waals surface area contributed by atoms with Crippen LogP contribution in [0.1, 0.15) is 66.7 Å². The van der Waals surface area contributed by atoms with Crippen molar-refractivity contribution in [2.45, 2.75) is 51.7 Å². The average Bonchev–Trinajstić information content (AvgIpc) is 2.98. The molecule has 0 spiro atoms. The van der Waals surface area contributed by atoms with E-state index in [2.05, 4.69) is 15.8 Å². The Labute approximate surface area is 167 Å². The van der Waals surface area contributed by atoms with E-state index in [4.69, 9.17) is 11.6 Å². The Balaban J connectivity index is 1.81. The van der Waals surface area contributed by atoms with E-state index < -0.39 is 12.6 Å². The lowest BCUT2D eigenvalue weighted by atomic mass is 9.96. The summed E-state index contributed by atoms with van der Waals surface area (Å²) in [5.41, 5.74) is 7.06. The van der Waals surface area contributed by atoms with E-state index >= 15 is 0 Å². The molecule has 0 fully saturated rings. The molecule has 0 N–H and O–H groups in total. The van der Waals surface area contributed by atoms with Crippen molar-refractivity contribution in [3.8, 4) is 0 Å². The van der Waals surface area contributed by atoms with Crippen LogP contribution < -0.4 is 0 Å². The van der Waals surface area contributed by atoms with Gasteiger partial charge in [0.2, 0.25) is 0 Å². The number of aromatic nitrogens is 3. The molecule has 148 valence electrons. The summed E-state index contributed by atoms with van der Waals surface area (Å²) >= 11 is 6.25. The molecule has 28 heavy (non-hydrogen) atoms. The fourth-order valence-corrected chi connectivity index (χ4v) is 3.46. The van der Waals surface area contributed by atoms with E-state index in [0.29, 0.717) is 10.7 Å². The third-order valence-corrected chi connectivity index (χ3v) is 5.22. The van der Waals surface area contributed by atoms with Crippen molar-refractivity contribution >= 4 is 22.7 Å². The van der Waals surface area contributed by atoms with Gasteiger partial charge in [0.1, 0.15) is 0 Å². The lowest BCUT2D eigenvalue weighted by molar-refractivity contribution is -0.136. The van der Waals surface area contributed by atoms with Crippen molar-refractivity contribution in [1.29, 1.82) is 0 Å². The minimum Gasteiger partial charge on any atom is -0.264 e. The molecule has 2 atom stereocenters. The van der Waals surface area contributed by atoms with E-state index in [1.165, 1.54) is 0 Å². The van der Waals surface area contributed by atoms with Gasteiger partial charge in [-0.2, -0.15) is 18.3 Å². The largest absolute Gasteiger partial charge is 0.389 e. The minimum absolute atomic E-state index is 0.0306. The van der Waals surface area contributed by atoms with Crippen molar-refractivity contribution < 1.29 is 13.2 Å². The molecule has 1 aliphatic rings. The van der Waals surface area contributed by atoms with Crippen molar-refractivity contribution in [3.63, 3.8) is 0 Å². The van der Waals surface area contributed by atoms with Crippen molar-refractivity contribution in [3.05, 3.63) is 64.4 Å². The first-order valence-corrected chi connectivity index (χ1v) is 9.45. The Morgan fingerprint density at radius 1 is 1.29 bits per heavy atom. The van der Waals surface area contributed by atoms with Gasteiger partial charge in [-0.3, -0.25) is 9.67 Å². The summed E-state index contributed by atoms with van der Waals surface area (Å²) in [5, 5.41) is 5.09. The number of fused-ring (bicyclic) bond motifs is 1. The highest BCUT2D eigenvalue weighted by atomic mass is 35.5. The van der Waals surface area contributed by atoms with Gasteiger partial charge in [-0.15, -0.1) is 0 Å². The number of halogens is 4. The van der Waals surface area contributed by atoms with Crippen LogP contribution in [0.4, 0.5) is 13.2 Å². The summed E-state index contributed by atoms with van der Waals surface area (Å²) in [4.78, 5) is 4.47. The SMILES string of the molecule is Cc1cc(C(C)n2cc3c(n2)C=CC=C=C3Cl)cnc1C(C)CCC(F)(F)F. The van der Waals surface area contributed by atoms with E-state index in [9.17, 15) is 13.2 Å². The van der Waals surface area contributed by atoms with Crippen LogP contribution in [-0.2, 0) is 0 Å². The zero-order valence-corrected chi connectivity index (χ0v) is 16.6. The Kier molecular flexibility index (Phi) is 5.82. The Hall–Kier alpha value is -2.30. The fraction of sp³-hybridized carbons (Fsp3) is 0.381. The van der Waals surface area contributed by atoms with Crippen molar-refractivity contribution in [2.75, 3.05) is 0 Å². The molecule has 2 aromatic rings. The molecule has 3 nitrogen and oxygen atoms in total. The smallest absolute Gasteiger partial charge is 0.264 e. The fourth-order valence-electron chi connectivity index (χ4n) is 3.26. The second-order valence-electron chi connectivity index (χ2n) is 7.09. The van der Waals surface area contributed by atoms with Gasteiger partial charge in [0.05, 0.1) is 16.8 Å². The van der Waals surface area contributed by atoms with Crippen LogP contribution in [0.5, 0.6) is 0 Å². The molecule has 2 aromatic heterocycles. The monoisotopic (exact) mass is 407 g/mol. The van der Waals surface area contributed by atoms with Crippen LogP contribution in [-0.4, -0.2) is 20.9 Å². The molecule has 0 amide bonds. The van der Waals surface area contributed by atoms with Crippen LogP contribution in [0.2, 0.25) is 0 Å². The first-order chi connectivity index (χ1) is 13.2. The molecule has 2 unspecified atom stereocenters. The van der Waals surface area contributed by atoms with Gasteiger partial charge in [-0.05, 0) is 49.5 Å². The number of alkyl halides is 3. The average molecular weight is 408 g/mol. The summed E-state index contributed by atoms with van der Waals surface area (Å²) in [5.74, 6) is -0.257. The van der Waals surface area contributed by atoms with Crippen LogP contribution in [0, 0.1) is 6.92 Å². The summed E-state index contributed by atoms with van der Waals surface area (Å²) in [6, 6.07) is 1.87. The Bertz CT molecular complexity index is 966. The van der Waals surface area contributed by atoms with Gasteiger partial charge in [-0.25, -0.2) is 0 Å². The predicted octanol–water partition coefficient (Wildman–Crippen LogP) is 6.40. The van der Waals surface area contributed by atoms with Crippen LogP contribution in [0.15, 0.2) is 36.3 Å². The number of aryl methyl sites for hydroxylation is 1. The number of nitrogens with zero attached hydrogens (tertiary/aromatic N) is 3. The van der Waals surface area contributed by atoms with Crippen LogP contribution in [0.3, 0.4) is 0 Å². The zero-order chi connectivity index (χ0) is 20.5. The number of allylic oxidation sites excluding steroid dienone is 2. The number of hydrogen-bond acceptors (Lipinski definition) is 2. The lowest BCUT2D eigenvalue weighted by Crippen LogP contribution is -2.12. The van der Waals surface area contributed by atoms with Gasteiger partial charge >= 0.3 is 6.18 Å². The van der Waals surface area contributed by atoms with E-state index in [1.54, 1.807) is 19.2 Å². The van der Waals surface area contributed by atoms with Gasteiger partial charge in [0, 0.05) is 30.1 Å². The van der Waals surface area contributed by atoms with E-state index in [0.717, 1.165) is 22.4 Å². The maximum Gasteiger partial charge on any atom is 0.389 e. The molecule has 2 heterocycles. The van der Waals surface area contributed by atoms with Crippen molar-refractivity contribution in [1.82, 2.24) is 14.8 Å². The predicted molar refractivity (Wildman–Crippen MR) is 105 cm³/mol. The molecule has 0 radical (unpaired) electrons. The topological polar surface area (TPSA) is 30.7 Å². The number of pyridine rings is 1. The first kappa shape index (κ1) is 20.4. The standard InChI is InChI=1S/C21H21ClF3N3/c1-13(8-9-21(23,24)25)20-14(2)10-16(11-26-20)15(3)28-12-17-18(22)6-4-5-7-19(17)27-28/h4-5,7,10-13,15H,8-9H2,1-3H3. The molecule has 7 heteroatoms. The highest BCUT2D eigenvalue weighted by Crippen LogP contribution is 2.31. The van der Waals surface area contributed by atoms with Gasteiger partial charge in [0.25, 0.3) is 0 Å². The van der Waals surface area contributed by atoms with Crippen LogP contribution in [0.25, 0.3) is 11.1 Å². The number of hydrogen-bond donors (Lipinski definition) is 0. The Morgan fingerprint density at radius 3 is 2.71 bits per heavy atom. The Morgan fingerprint density at radius 2 is 2.04 bits per heavy atom. The molecular weight excluding hydrogens is 387 g/mol. The second-order valence-corrected chi connectivity index (χ2v) is 7.47. The summed E-state index contributed by atoms with van der Waals surface area (Å²) in [6.07, 6.45) is 4.11. The quantitative estimate of drug-likeness (QED) is 0.536. The van der Waals surface area contributed by atoms with Crippen LogP contribution >= 0.6 is 11.6 Å². The van der Waals surface area contributed by atoms with Crippen molar-refractivity contribution in [2.24, 2.45) is 0 Å². The number of rotatable bonds is 5. The molecule has 0 aromatic carbocycles. The highest BCUT2D eigenvalue weighted by molar-refractivity contribution is 6.48. The molecule has 0 saturated carbocycles.